The average molecular weight is 553 g/mol. The highest BCUT2D eigenvalue weighted by atomic mass is 35.5. The minimum Gasteiger partial charge on any atom is -0.344 e. The molecule has 2 N–H and O–H groups in total. The summed E-state index contributed by atoms with van der Waals surface area (Å²) in [4.78, 5) is 31.6. The minimum absolute atomic E-state index is 0.00185. The summed E-state index contributed by atoms with van der Waals surface area (Å²) in [5.74, 6) is 1.19. The van der Waals surface area contributed by atoms with Crippen LogP contribution in [0.3, 0.4) is 0 Å². The highest BCUT2D eigenvalue weighted by Gasteiger charge is 2.32. The lowest BCUT2D eigenvalue weighted by Crippen LogP contribution is -2.57. The van der Waals surface area contributed by atoms with E-state index in [4.69, 9.17) is 11.6 Å². The molecule has 0 aliphatic carbocycles. The van der Waals surface area contributed by atoms with Crippen molar-refractivity contribution in [3.63, 3.8) is 0 Å². The minimum atomic E-state index is -0.607. The van der Waals surface area contributed by atoms with Crippen LogP contribution >= 0.6 is 11.6 Å². The van der Waals surface area contributed by atoms with E-state index in [-0.39, 0.29) is 17.9 Å². The lowest BCUT2D eigenvalue weighted by atomic mass is 9.94. The summed E-state index contributed by atoms with van der Waals surface area (Å²) >= 11 is 6.10. The van der Waals surface area contributed by atoms with Gasteiger partial charge in [-0.15, -0.1) is 0 Å². The van der Waals surface area contributed by atoms with Crippen molar-refractivity contribution in [2.24, 2.45) is 11.8 Å². The fourth-order valence-electron chi connectivity index (χ4n) is 6.07. The second-order valence-corrected chi connectivity index (χ2v) is 12.5. The largest absolute Gasteiger partial charge is 0.344 e. The molecule has 2 aromatic carbocycles. The first kappa shape index (κ1) is 29.6. The van der Waals surface area contributed by atoms with Gasteiger partial charge >= 0.3 is 0 Å². The van der Waals surface area contributed by atoms with E-state index >= 15 is 0 Å². The van der Waals surface area contributed by atoms with Gasteiger partial charge < -0.3 is 15.5 Å². The lowest BCUT2D eigenvalue weighted by Gasteiger charge is -2.41. The zero-order valence-corrected chi connectivity index (χ0v) is 24.7. The van der Waals surface area contributed by atoms with Gasteiger partial charge in [0.25, 0.3) is 0 Å². The maximum absolute atomic E-state index is 13.8. The molecule has 2 aliphatic heterocycles. The van der Waals surface area contributed by atoms with E-state index in [0.29, 0.717) is 48.8 Å². The third-order valence-electron chi connectivity index (χ3n) is 7.97. The van der Waals surface area contributed by atoms with E-state index < -0.39 is 6.04 Å². The van der Waals surface area contributed by atoms with Crippen molar-refractivity contribution < 1.29 is 9.59 Å². The van der Waals surface area contributed by atoms with Crippen LogP contribution in [0.25, 0.3) is 0 Å². The number of amides is 2. The quantitative estimate of drug-likeness (QED) is 0.402. The van der Waals surface area contributed by atoms with Gasteiger partial charge in [-0.2, -0.15) is 0 Å². The zero-order valence-electron chi connectivity index (χ0n) is 24.0. The van der Waals surface area contributed by atoms with Gasteiger partial charge in [0.2, 0.25) is 11.8 Å². The van der Waals surface area contributed by atoms with Crippen molar-refractivity contribution >= 4 is 23.4 Å². The van der Waals surface area contributed by atoms with Crippen molar-refractivity contribution in [3.8, 4) is 0 Å². The third kappa shape index (κ3) is 8.29. The van der Waals surface area contributed by atoms with Gasteiger partial charge in [-0.3, -0.25) is 14.5 Å². The molecule has 4 rings (SSSR count). The molecule has 212 valence electrons. The second kappa shape index (κ2) is 13.8. The Morgan fingerprint density at radius 3 is 2.23 bits per heavy atom. The van der Waals surface area contributed by atoms with Crippen LogP contribution in [0.4, 0.5) is 0 Å². The maximum atomic E-state index is 13.8. The third-order valence-corrected chi connectivity index (χ3v) is 8.23. The average Bonchev–Trinajstić information content (AvgIpc) is 3.31. The van der Waals surface area contributed by atoms with Crippen molar-refractivity contribution in [3.05, 3.63) is 70.2 Å². The molecule has 2 unspecified atom stereocenters. The molecule has 2 heterocycles. The van der Waals surface area contributed by atoms with Crippen LogP contribution in [0.2, 0.25) is 5.02 Å². The van der Waals surface area contributed by atoms with E-state index in [2.05, 4.69) is 55.4 Å². The van der Waals surface area contributed by atoms with Gasteiger partial charge in [-0.1, -0.05) is 75.7 Å². The molecule has 0 spiro atoms. The Hall–Kier alpha value is -2.41. The summed E-state index contributed by atoms with van der Waals surface area (Å²) < 4.78 is 0. The Labute approximate surface area is 239 Å². The highest BCUT2D eigenvalue weighted by Crippen LogP contribution is 2.27. The van der Waals surface area contributed by atoms with Gasteiger partial charge in [0.1, 0.15) is 6.04 Å². The Bertz CT molecular complexity index is 1090. The molecule has 0 saturated carbocycles. The molecule has 39 heavy (non-hydrogen) atoms. The number of piperazine rings is 1. The molecule has 6 nitrogen and oxygen atoms in total. The summed E-state index contributed by atoms with van der Waals surface area (Å²) in [6, 6.07) is 15.7. The predicted molar refractivity (Wildman–Crippen MR) is 159 cm³/mol. The SMILES string of the molecule is CC(C)CC(CC(C)C)N1CCN(C(=O)C(Cc2ccc(Cl)cc2)NC(=O)CC2NCc3ccccc32)CC1. The molecule has 1 fully saturated rings. The van der Waals surface area contributed by atoms with Crippen molar-refractivity contribution in [2.75, 3.05) is 26.2 Å². The van der Waals surface area contributed by atoms with Gasteiger partial charge in [0, 0.05) is 62.7 Å². The molecule has 2 aliphatic rings. The number of hydrogen-bond donors (Lipinski definition) is 2. The Morgan fingerprint density at radius 2 is 1.59 bits per heavy atom. The zero-order chi connectivity index (χ0) is 27.9. The lowest BCUT2D eigenvalue weighted by molar-refractivity contribution is -0.138. The molecule has 0 bridgehead atoms. The number of fused-ring (bicyclic) bond motifs is 1. The maximum Gasteiger partial charge on any atom is 0.245 e. The van der Waals surface area contributed by atoms with Crippen molar-refractivity contribution in [1.29, 1.82) is 0 Å². The fraction of sp³-hybridized carbons (Fsp3) is 0.562. The first-order valence-electron chi connectivity index (χ1n) is 14.6. The number of carbonyl (C=O) groups excluding carboxylic acids is 2. The number of carbonyl (C=O) groups is 2. The number of nitrogens with zero attached hydrogens (tertiary/aromatic N) is 2. The van der Waals surface area contributed by atoms with Gasteiger partial charge in [0.05, 0.1) is 0 Å². The van der Waals surface area contributed by atoms with Crippen molar-refractivity contribution in [1.82, 2.24) is 20.4 Å². The summed E-state index contributed by atoms with van der Waals surface area (Å²) in [6.07, 6.45) is 3.11. The van der Waals surface area contributed by atoms with Gasteiger partial charge in [-0.25, -0.2) is 0 Å². The molecular formula is C32H45ClN4O2. The Kier molecular flexibility index (Phi) is 10.4. The van der Waals surface area contributed by atoms with E-state index in [1.165, 1.54) is 24.0 Å². The molecule has 2 atom stereocenters. The number of rotatable bonds is 11. The van der Waals surface area contributed by atoms with Crippen LogP contribution in [0.15, 0.2) is 48.5 Å². The fourth-order valence-corrected chi connectivity index (χ4v) is 6.19. The van der Waals surface area contributed by atoms with Crippen LogP contribution in [-0.4, -0.2) is 59.9 Å². The first-order chi connectivity index (χ1) is 18.7. The molecule has 2 amide bonds. The monoisotopic (exact) mass is 552 g/mol. The van der Waals surface area contributed by atoms with E-state index in [1.54, 1.807) is 0 Å². The summed E-state index contributed by atoms with van der Waals surface area (Å²) in [7, 11) is 0. The number of benzene rings is 2. The Balaban J connectivity index is 1.41. The molecule has 0 aromatic heterocycles. The molecule has 2 aromatic rings. The molecule has 1 saturated heterocycles. The molecule has 7 heteroatoms. The molecule has 0 radical (unpaired) electrons. The highest BCUT2D eigenvalue weighted by molar-refractivity contribution is 6.30. The van der Waals surface area contributed by atoms with Gasteiger partial charge in [-0.05, 0) is 53.5 Å². The Morgan fingerprint density at radius 1 is 0.949 bits per heavy atom. The normalized spacial score (nSPS) is 18.6. The second-order valence-electron chi connectivity index (χ2n) is 12.1. The summed E-state index contributed by atoms with van der Waals surface area (Å²) in [5, 5.41) is 7.20. The topological polar surface area (TPSA) is 64.7 Å². The summed E-state index contributed by atoms with van der Waals surface area (Å²) in [6.45, 7) is 13.0. The number of hydrogen-bond acceptors (Lipinski definition) is 4. The number of halogens is 1. The van der Waals surface area contributed by atoms with E-state index in [0.717, 1.165) is 25.2 Å². The van der Waals surface area contributed by atoms with Crippen LogP contribution in [0, 0.1) is 11.8 Å². The van der Waals surface area contributed by atoms with Crippen LogP contribution in [0.1, 0.15) is 69.7 Å². The molecular weight excluding hydrogens is 508 g/mol. The van der Waals surface area contributed by atoms with Crippen LogP contribution < -0.4 is 10.6 Å². The van der Waals surface area contributed by atoms with E-state index in [9.17, 15) is 9.59 Å². The predicted octanol–water partition coefficient (Wildman–Crippen LogP) is 5.21. The van der Waals surface area contributed by atoms with Gasteiger partial charge in [0.15, 0.2) is 0 Å². The first-order valence-corrected chi connectivity index (χ1v) is 14.9. The summed E-state index contributed by atoms with van der Waals surface area (Å²) in [5.41, 5.74) is 3.38. The van der Waals surface area contributed by atoms with E-state index in [1.807, 2.05) is 41.3 Å². The standard InChI is InChI=1S/C32H45ClN4O2/c1-22(2)17-27(18-23(3)4)36-13-15-37(16-14-36)32(39)30(19-24-9-11-26(33)12-10-24)35-31(38)20-29-28-8-6-5-7-25(28)21-34-29/h5-12,22-23,27,29-30,34H,13-21H2,1-4H3,(H,35,38). The van der Waals surface area contributed by atoms with Crippen LogP contribution in [0.5, 0.6) is 0 Å². The van der Waals surface area contributed by atoms with Crippen molar-refractivity contribution in [2.45, 2.75) is 78.0 Å². The van der Waals surface area contributed by atoms with Crippen LogP contribution in [-0.2, 0) is 22.6 Å². The smallest absolute Gasteiger partial charge is 0.245 e. The number of nitrogens with one attached hydrogen (secondary N) is 2.